The minimum atomic E-state index is -0.402. The third kappa shape index (κ3) is 3.60. The lowest BCUT2D eigenvalue weighted by Crippen LogP contribution is -2.26. The summed E-state index contributed by atoms with van der Waals surface area (Å²) in [5.74, 6) is 0.572. The molecule has 1 fully saturated rings. The van der Waals surface area contributed by atoms with E-state index in [1.807, 2.05) is 0 Å². The van der Waals surface area contributed by atoms with E-state index in [9.17, 15) is 4.39 Å². The summed E-state index contributed by atoms with van der Waals surface area (Å²) in [7, 11) is 1.48. The van der Waals surface area contributed by atoms with E-state index in [-0.39, 0.29) is 5.75 Å². The summed E-state index contributed by atoms with van der Waals surface area (Å²) < 4.78 is 18.8. The molecule has 21 heavy (non-hydrogen) atoms. The van der Waals surface area contributed by atoms with Crippen LogP contribution >= 0.6 is 0 Å². The molecule has 4 heteroatoms. The molecule has 0 aromatic heterocycles. The summed E-state index contributed by atoms with van der Waals surface area (Å²) in [6, 6.07) is 3.09. The van der Waals surface area contributed by atoms with E-state index >= 15 is 0 Å². The van der Waals surface area contributed by atoms with Crippen molar-refractivity contribution < 1.29 is 9.13 Å². The summed E-state index contributed by atoms with van der Waals surface area (Å²) >= 11 is 0. The molecule has 1 aliphatic rings. The Bertz CT molecular complexity index is 496. The fourth-order valence-corrected chi connectivity index (χ4v) is 3.19. The van der Waals surface area contributed by atoms with E-state index in [4.69, 9.17) is 10.5 Å². The fraction of sp³-hybridized carbons (Fsp3) is 0.647. The first-order valence-electron chi connectivity index (χ1n) is 7.71. The van der Waals surface area contributed by atoms with Gasteiger partial charge in [-0.25, -0.2) is 4.39 Å². The van der Waals surface area contributed by atoms with Gasteiger partial charge >= 0.3 is 0 Å². The maximum atomic E-state index is 13.7. The van der Waals surface area contributed by atoms with Gasteiger partial charge in [-0.1, -0.05) is 20.8 Å². The zero-order chi connectivity index (χ0) is 15.6. The van der Waals surface area contributed by atoms with Gasteiger partial charge in [0.25, 0.3) is 0 Å². The number of methoxy groups -OCH3 is 1. The van der Waals surface area contributed by atoms with Crippen molar-refractivity contribution >= 4 is 11.4 Å². The third-order valence-corrected chi connectivity index (χ3v) is 4.59. The average molecular weight is 294 g/mol. The Kier molecular flexibility index (Phi) is 4.64. The Hall–Kier alpha value is -1.45. The second-order valence-electron chi connectivity index (χ2n) is 7.03. The van der Waals surface area contributed by atoms with Crippen molar-refractivity contribution in [3.63, 3.8) is 0 Å². The summed E-state index contributed by atoms with van der Waals surface area (Å²) in [6.07, 6.45) is 3.52. The van der Waals surface area contributed by atoms with E-state index in [0.717, 1.165) is 31.6 Å². The van der Waals surface area contributed by atoms with Crippen LogP contribution in [0.2, 0.25) is 0 Å². The van der Waals surface area contributed by atoms with Crippen LogP contribution in [0.25, 0.3) is 0 Å². The van der Waals surface area contributed by atoms with Crippen molar-refractivity contribution in [2.75, 3.05) is 30.8 Å². The highest BCUT2D eigenvalue weighted by molar-refractivity contribution is 5.70. The molecule has 1 atom stereocenters. The molecule has 0 radical (unpaired) electrons. The second-order valence-corrected chi connectivity index (χ2v) is 7.03. The van der Waals surface area contributed by atoms with E-state index in [1.165, 1.54) is 19.6 Å². The molecule has 1 aromatic carbocycles. The average Bonchev–Trinajstić information content (AvgIpc) is 2.64. The number of nitrogens with zero attached hydrogens (tertiary/aromatic N) is 1. The lowest BCUT2D eigenvalue weighted by molar-refractivity contribution is 0.220. The van der Waals surface area contributed by atoms with E-state index in [2.05, 4.69) is 25.7 Å². The maximum Gasteiger partial charge on any atom is 0.167 e. The van der Waals surface area contributed by atoms with Crippen LogP contribution in [0.4, 0.5) is 15.8 Å². The van der Waals surface area contributed by atoms with E-state index < -0.39 is 5.82 Å². The van der Waals surface area contributed by atoms with Gasteiger partial charge in [0.15, 0.2) is 11.6 Å². The Balaban J connectivity index is 2.19. The fourth-order valence-electron chi connectivity index (χ4n) is 3.19. The predicted molar refractivity (Wildman–Crippen MR) is 86.4 cm³/mol. The van der Waals surface area contributed by atoms with E-state index in [0.29, 0.717) is 17.0 Å². The number of rotatable bonds is 2. The van der Waals surface area contributed by atoms with Gasteiger partial charge in [-0.05, 0) is 30.6 Å². The topological polar surface area (TPSA) is 38.5 Å². The Morgan fingerprint density at radius 3 is 2.57 bits per heavy atom. The molecule has 1 unspecified atom stereocenters. The molecule has 1 saturated heterocycles. The Morgan fingerprint density at radius 2 is 1.95 bits per heavy atom. The van der Waals surface area contributed by atoms with Crippen LogP contribution in [0.15, 0.2) is 12.1 Å². The van der Waals surface area contributed by atoms with Crippen LogP contribution in [0.3, 0.4) is 0 Å². The number of hydrogen-bond acceptors (Lipinski definition) is 3. The summed E-state index contributed by atoms with van der Waals surface area (Å²) in [6.45, 7) is 8.85. The second kappa shape index (κ2) is 6.12. The predicted octanol–water partition coefficient (Wildman–Crippen LogP) is 4.07. The summed E-state index contributed by atoms with van der Waals surface area (Å²) in [4.78, 5) is 2.27. The standard InChI is InChI=1S/C17H27FN2O/c1-17(2,3)12-6-5-8-20(9-7-12)15-11-16(21-4)13(18)10-14(15)19/h10-12H,5-9,19H2,1-4H3. The highest BCUT2D eigenvalue weighted by atomic mass is 19.1. The monoisotopic (exact) mass is 294 g/mol. The molecular weight excluding hydrogens is 267 g/mol. The molecule has 0 spiro atoms. The first kappa shape index (κ1) is 15.9. The van der Waals surface area contributed by atoms with Gasteiger partial charge in [-0.2, -0.15) is 0 Å². The lowest BCUT2D eigenvalue weighted by Gasteiger charge is -2.30. The number of nitrogen functional groups attached to an aromatic ring is 1. The highest BCUT2D eigenvalue weighted by Crippen LogP contribution is 2.37. The van der Waals surface area contributed by atoms with Gasteiger partial charge in [-0.15, -0.1) is 0 Å². The third-order valence-electron chi connectivity index (χ3n) is 4.59. The smallest absolute Gasteiger partial charge is 0.167 e. The molecule has 1 aromatic rings. The number of ether oxygens (including phenoxy) is 1. The number of nitrogens with two attached hydrogens (primary N) is 1. The van der Waals surface area contributed by atoms with Crippen molar-refractivity contribution in [2.45, 2.75) is 40.0 Å². The van der Waals surface area contributed by atoms with Crippen molar-refractivity contribution in [1.29, 1.82) is 0 Å². The molecule has 1 aliphatic heterocycles. The van der Waals surface area contributed by atoms with Crippen LogP contribution in [0.5, 0.6) is 5.75 Å². The van der Waals surface area contributed by atoms with Gasteiger partial charge < -0.3 is 15.4 Å². The zero-order valence-corrected chi connectivity index (χ0v) is 13.6. The Labute approximate surface area is 127 Å². The molecular formula is C17H27FN2O. The molecule has 2 rings (SSSR count). The first-order chi connectivity index (χ1) is 9.82. The van der Waals surface area contributed by atoms with Gasteiger partial charge in [0.1, 0.15) is 0 Å². The molecule has 3 nitrogen and oxygen atoms in total. The normalized spacial score (nSPS) is 20.2. The van der Waals surface area contributed by atoms with Gasteiger partial charge in [0, 0.05) is 25.2 Å². The van der Waals surface area contributed by atoms with Crippen LogP contribution in [-0.4, -0.2) is 20.2 Å². The van der Waals surface area contributed by atoms with Crippen molar-refractivity contribution in [2.24, 2.45) is 11.3 Å². The minimum absolute atomic E-state index is 0.260. The minimum Gasteiger partial charge on any atom is -0.494 e. The maximum absolute atomic E-state index is 13.7. The van der Waals surface area contributed by atoms with Crippen molar-refractivity contribution in [3.05, 3.63) is 17.9 Å². The quantitative estimate of drug-likeness (QED) is 0.836. The van der Waals surface area contributed by atoms with Gasteiger partial charge in [-0.3, -0.25) is 0 Å². The zero-order valence-electron chi connectivity index (χ0n) is 13.6. The van der Waals surface area contributed by atoms with Crippen molar-refractivity contribution in [1.82, 2.24) is 0 Å². The number of anilines is 2. The summed E-state index contributed by atoms with van der Waals surface area (Å²) in [5, 5.41) is 0. The van der Waals surface area contributed by atoms with Crippen LogP contribution < -0.4 is 15.4 Å². The van der Waals surface area contributed by atoms with Crippen molar-refractivity contribution in [3.8, 4) is 5.75 Å². The molecule has 1 heterocycles. The molecule has 118 valence electrons. The number of halogens is 1. The molecule has 0 saturated carbocycles. The number of hydrogen-bond donors (Lipinski definition) is 1. The molecule has 0 amide bonds. The summed E-state index contributed by atoms with van der Waals surface area (Å²) in [5.41, 5.74) is 7.73. The SMILES string of the molecule is COc1cc(N2CCCC(C(C)(C)C)CC2)c(N)cc1F. The first-order valence-corrected chi connectivity index (χ1v) is 7.71. The van der Waals surface area contributed by atoms with Gasteiger partial charge in [0.05, 0.1) is 18.5 Å². The molecule has 0 aliphatic carbocycles. The Morgan fingerprint density at radius 1 is 1.24 bits per heavy atom. The lowest BCUT2D eigenvalue weighted by atomic mass is 9.77. The van der Waals surface area contributed by atoms with E-state index in [1.54, 1.807) is 6.07 Å². The van der Waals surface area contributed by atoms with Crippen LogP contribution in [-0.2, 0) is 0 Å². The molecule has 0 bridgehead atoms. The number of benzene rings is 1. The highest BCUT2D eigenvalue weighted by Gasteiger charge is 2.27. The largest absolute Gasteiger partial charge is 0.494 e. The van der Waals surface area contributed by atoms with Crippen LogP contribution in [0, 0.1) is 17.2 Å². The van der Waals surface area contributed by atoms with Crippen LogP contribution in [0.1, 0.15) is 40.0 Å². The molecule has 2 N–H and O–H groups in total. The van der Waals surface area contributed by atoms with Gasteiger partial charge in [0.2, 0.25) is 0 Å².